The van der Waals surface area contributed by atoms with E-state index < -0.39 is 0 Å². The van der Waals surface area contributed by atoms with Gasteiger partial charge < -0.3 is 9.64 Å². The van der Waals surface area contributed by atoms with Crippen molar-refractivity contribution in [2.75, 3.05) is 33.2 Å². The monoisotopic (exact) mass is 298 g/mol. The van der Waals surface area contributed by atoms with Crippen LogP contribution in [0.25, 0.3) is 0 Å². The lowest BCUT2D eigenvalue weighted by Crippen LogP contribution is -2.51. The molecule has 1 amide bonds. The van der Waals surface area contributed by atoms with Crippen LogP contribution in [0.4, 0.5) is 4.79 Å². The van der Waals surface area contributed by atoms with Crippen molar-refractivity contribution in [3.05, 3.63) is 17.4 Å². The van der Waals surface area contributed by atoms with Crippen LogP contribution >= 0.6 is 11.6 Å². The topological polar surface area (TPSA) is 50.6 Å². The molecular weight excluding hydrogens is 280 g/mol. The maximum Gasteiger partial charge on any atom is 0.410 e. The Balaban J connectivity index is 1.57. The van der Waals surface area contributed by atoms with Crippen molar-refractivity contribution >= 4 is 17.7 Å². The fourth-order valence-corrected chi connectivity index (χ4v) is 3.25. The van der Waals surface area contributed by atoms with Crippen LogP contribution in [-0.2, 0) is 11.3 Å². The van der Waals surface area contributed by atoms with Crippen molar-refractivity contribution in [1.29, 1.82) is 0 Å². The van der Waals surface area contributed by atoms with Gasteiger partial charge >= 0.3 is 6.09 Å². The molecule has 110 valence electrons. The Kier molecular flexibility index (Phi) is 3.60. The molecule has 0 radical (unpaired) electrons. The van der Waals surface area contributed by atoms with Crippen LogP contribution in [-0.4, -0.2) is 64.5 Å². The van der Waals surface area contributed by atoms with Crippen LogP contribution < -0.4 is 0 Å². The number of nitrogens with zero attached hydrogens (tertiary/aromatic N) is 4. The quantitative estimate of drug-likeness (QED) is 0.847. The number of rotatable bonds is 3. The average Bonchev–Trinajstić information content (AvgIpc) is 2.92. The van der Waals surface area contributed by atoms with Crippen LogP contribution in [0.3, 0.4) is 0 Å². The van der Waals surface area contributed by atoms with Crippen molar-refractivity contribution in [1.82, 2.24) is 19.6 Å². The minimum atomic E-state index is -0.314. The lowest BCUT2D eigenvalue weighted by atomic mass is 9.93. The SMILES string of the molecule is CN1C[C@]2(CCCN(CCn3cc(Cl)cn3)C2)OC1=O. The van der Waals surface area contributed by atoms with E-state index in [9.17, 15) is 4.79 Å². The highest BCUT2D eigenvalue weighted by Crippen LogP contribution is 2.31. The number of piperidine rings is 1. The van der Waals surface area contributed by atoms with E-state index in [2.05, 4.69) is 10.00 Å². The average molecular weight is 299 g/mol. The van der Waals surface area contributed by atoms with E-state index in [4.69, 9.17) is 16.3 Å². The van der Waals surface area contributed by atoms with E-state index in [-0.39, 0.29) is 11.7 Å². The molecule has 3 rings (SSSR count). The zero-order valence-electron chi connectivity index (χ0n) is 11.6. The standard InChI is InChI=1S/C13H19ClN4O2/c1-16-9-13(20-12(16)19)3-2-4-17(10-13)5-6-18-8-11(14)7-15-18/h7-8H,2-6,9-10H2,1H3/t13-/m0/s1. The molecule has 2 saturated heterocycles. The van der Waals surface area contributed by atoms with Gasteiger partial charge in [0.1, 0.15) is 5.60 Å². The number of aromatic nitrogens is 2. The van der Waals surface area contributed by atoms with Crippen LogP contribution in [0.15, 0.2) is 12.4 Å². The van der Waals surface area contributed by atoms with Gasteiger partial charge in [0.15, 0.2) is 0 Å². The van der Waals surface area contributed by atoms with Crippen molar-refractivity contribution in [3.63, 3.8) is 0 Å². The van der Waals surface area contributed by atoms with E-state index in [0.717, 1.165) is 39.0 Å². The lowest BCUT2D eigenvalue weighted by Gasteiger charge is -2.38. The molecule has 2 aliphatic rings. The number of likely N-dealkylation sites (N-methyl/N-ethyl adjacent to an activating group) is 1. The van der Waals surface area contributed by atoms with Crippen molar-refractivity contribution < 1.29 is 9.53 Å². The summed E-state index contributed by atoms with van der Waals surface area (Å²) in [4.78, 5) is 15.6. The highest BCUT2D eigenvalue weighted by molar-refractivity contribution is 6.30. The Morgan fingerprint density at radius 1 is 1.45 bits per heavy atom. The molecule has 7 heteroatoms. The Labute approximate surface area is 123 Å². The molecule has 6 nitrogen and oxygen atoms in total. The van der Waals surface area contributed by atoms with E-state index in [1.54, 1.807) is 18.1 Å². The molecule has 0 aliphatic carbocycles. The molecule has 2 aliphatic heterocycles. The molecule has 2 fully saturated rings. The van der Waals surface area contributed by atoms with Gasteiger partial charge in [-0.1, -0.05) is 11.6 Å². The molecule has 1 spiro atoms. The molecule has 3 heterocycles. The van der Waals surface area contributed by atoms with E-state index in [0.29, 0.717) is 11.6 Å². The first kappa shape index (κ1) is 13.7. The van der Waals surface area contributed by atoms with Gasteiger partial charge in [0.25, 0.3) is 0 Å². The summed E-state index contributed by atoms with van der Waals surface area (Å²) >= 11 is 5.85. The first-order chi connectivity index (χ1) is 9.56. The summed E-state index contributed by atoms with van der Waals surface area (Å²) in [5.74, 6) is 0. The summed E-state index contributed by atoms with van der Waals surface area (Å²) in [6.07, 6.45) is 5.27. The third kappa shape index (κ3) is 2.76. The number of carbonyl (C=O) groups excluding carboxylic acids is 1. The number of hydrogen-bond donors (Lipinski definition) is 0. The van der Waals surface area contributed by atoms with Crippen molar-refractivity contribution in [3.8, 4) is 0 Å². The minimum Gasteiger partial charge on any atom is -0.440 e. The number of amides is 1. The van der Waals surface area contributed by atoms with Gasteiger partial charge in [-0.05, 0) is 19.4 Å². The molecule has 0 unspecified atom stereocenters. The normalized spacial score (nSPS) is 27.3. The van der Waals surface area contributed by atoms with Gasteiger partial charge in [0.2, 0.25) is 0 Å². The zero-order chi connectivity index (χ0) is 14.2. The molecule has 1 atom stereocenters. The summed E-state index contributed by atoms with van der Waals surface area (Å²) in [6.45, 7) is 4.22. The summed E-state index contributed by atoms with van der Waals surface area (Å²) in [6, 6.07) is 0. The maximum absolute atomic E-state index is 11.6. The first-order valence-electron chi connectivity index (χ1n) is 6.91. The summed E-state index contributed by atoms with van der Waals surface area (Å²) in [5.41, 5.74) is -0.314. The molecule has 20 heavy (non-hydrogen) atoms. The lowest BCUT2D eigenvalue weighted by molar-refractivity contribution is -0.00981. The molecule has 1 aromatic heterocycles. The third-order valence-corrected chi connectivity index (χ3v) is 4.20. The number of ether oxygens (including phenoxy) is 1. The smallest absolute Gasteiger partial charge is 0.410 e. The summed E-state index contributed by atoms with van der Waals surface area (Å²) < 4.78 is 7.43. The number of likely N-dealkylation sites (tertiary alicyclic amines) is 1. The van der Waals surface area contributed by atoms with Crippen LogP contribution in [0.5, 0.6) is 0 Å². The van der Waals surface area contributed by atoms with Crippen LogP contribution in [0.2, 0.25) is 5.02 Å². The number of halogens is 1. The van der Waals surface area contributed by atoms with Gasteiger partial charge in [0, 0.05) is 26.3 Å². The van der Waals surface area contributed by atoms with E-state index in [1.165, 1.54) is 0 Å². The van der Waals surface area contributed by atoms with Gasteiger partial charge in [0.05, 0.1) is 24.3 Å². The highest BCUT2D eigenvalue weighted by Gasteiger charge is 2.46. The van der Waals surface area contributed by atoms with Gasteiger partial charge in [-0.3, -0.25) is 9.58 Å². The summed E-state index contributed by atoms with van der Waals surface area (Å²) in [5, 5.41) is 4.84. The highest BCUT2D eigenvalue weighted by atomic mass is 35.5. The Hall–Kier alpha value is -1.27. The molecular formula is C13H19ClN4O2. The van der Waals surface area contributed by atoms with Crippen LogP contribution in [0, 0.1) is 0 Å². The van der Waals surface area contributed by atoms with Crippen molar-refractivity contribution in [2.24, 2.45) is 0 Å². The fraction of sp³-hybridized carbons (Fsp3) is 0.692. The van der Waals surface area contributed by atoms with Gasteiger partial charge in [-0.2, -0.15) is 5.10 Å². The molecule has 0 N–H and O–H groups in total. The van der Waals surface area contributed by atoms with Gasteiger partial charge in [-0.15, -0.1) is 0 Å². The Morgan fingerprint density at radius 3 is 2.95 bits per heavy atom. The Bertz CT molecular complexity index is 506. The second kappa shape index (κ2) is 5.26. The third-order valence-electron chi connectivity index (χ3n) is 4.01. The second-order valence-electron chi connectivity index (χ2n) is 5.71. The van der Waals surface area contributed by atoms with Gasteiger partial charge in [-0.25, -0.2) is 4.79 Å². The number of carbonyl (C=O) groups is 1. The minimum absolute atomic E-state index is 0.203. The molecule has 1 aromatic rings. The Morgan fingerprint density at radius 2 is 2.30 bits per heavy atom. The molecule has 0 bridgehead atoms. The van der Waals surface area contributed by atoms with E-state index >= 15 is 0 Å². The second-order valence-corrected chi connectivity index (χ2v) is 6.14. The van der Waals surface area contributed by atoms with E-state index in [1.807, 2.05) is 10.9 Å². The maximum atomic E-state index is 11.6. The summed E-state index contributed by atoms with van der Waals surface area (Å²) in [7, 11) is 1.79. The largest absolute Gasteiger partial charge is 0.440 e. The first-order valence-corrected chi connectivity index (χ1v) is 7.29. The van der Waals surface area contributed by atoms with Crippen LogP contribution in [0.1, 0.15) is 12.8 Å². The molecule has 0 aromatic carbocycles. The fourth-order valence-electron chi connectivity index (χ4n) is 3.09. The number of hydrogen-bond acceptors (Lipinski definition) is 4. The van der Waals surface area contributed by atoms with Crippen molar-refractivity contribution in [2.45, 2.75) is 25.0 Å². The molecule has 0 saturated carbocycles. The zero-order valence-corrected chi connectivity index (χ0v) is 12.3. The predicted octanol–water partition coefficient (Wildman–Crippen LogP) is 1.45. The predicted molar refractivity (Wildman–Crippen MR) is 74.8 cm³/mol.